The molecule has 1 aromatic carbocycles. The SMILES string of the molecule is O=c1[nH]c2ccccc2cc1CN1CC2(CCNCC2)[C@@H]2COC[C@@H]21. The molecular weight excluding hydrogens is 314 g/mol. The Morgan fingerprint density at radius 2 is 2.04 bits per heavy atom. The van der Waals surface area contributed by atoms with Crippen molar-refractivity contribution in [2.24, 2.45) is 11.3 Å². The highest BCUT2D eigenvalue weighted by Gasteiger charge is 2.54. The molecule has 1 aromatic heterocycles. The zero-order valence-corrected chi connectivity index (χ0v) is 14.5. The van der Waals surface area contributed by atoms with E-state index in [1.165, 1.54) is 12.8 Å². The highest BCUT2D eigenvalue weighted by molar-refractivity contribution is 5.78. The van der Waals surface area contributed by atoms with Crippen LogP contribution in [0.1, 0.15) is 18.4 Å². The second kappa shape index (κ2) is 5.94. The van der Waals surface area contributed by atoms with Gasteiger partial charge in [-0.1, -0.05) is 18.2 Å². The smallest absolute Gasteiger partial charge is 0.252 e. The van der Waals surface area contributed by atoms with E-state index < -0.39 is 0 Å². The molecule has 2 aromatic rings. The summed E-state index contributed by atoms with van der Waals surface area (Å²) in [5.41, 5.74) is 2.20. The predicted octanol–water partition coefficient (Wildman–Crippen LogP) is 1.73. The van der Waals surface area contributed by atoms with Gasteiger partial charge in [0.1, 0.15) is 0 Å². The van der Waals surface area contributed by atoms with Crippen molar-refractivity contribution in [1.82, 2.24) is 15.2 Å². The van der Waals surface area contributed by atoms with E-state index in [0.29, 0.717) is 17.4 Å². The maximum Gasteiger partial charge on any atom is 0.252 e. The molecule has 0 radical (unpaired) electrons. The zero-order chi connectivity index (χ0) is 16.9. The van der Waals surface area contributed by atoms with Gasteiger partial charge in [-0.15, -0.1) is 0 Å². The molecule has 3 aliphatic rings. The number of hydrogen-bond donors (Lipinski definition) is 2. The molecule has 2 N–H and O–H groups in total. The van der Waals surface area contributed by atoms with Gasteiger partial charge >= 0.3 is 0 Å². The summed E-state index contributed by atoms with van der Waals surface area (Å²) < 4.78 is 5.86. The van der Waals surface area contributed by atoms with Crippen molar-refractivity contribution in [2.75, 3.05) is 32.8 Å². The lowest BCUT2D eigenvalue weighted by Crippen LogP contribution is -2.42. The highest BCUT2D eigenvalue weighted by Crippen LogP contribution is 2.49. The first-order chi connectivity index (χ1) is 12.3. The number of ether oxygens (including phenoxy) is 1. The minimum atomic E-state index is 0.0421. The topological polar surface area (TPSA) is 57.4 Å². The minimum Gasteiger partial charge on any atom is -0.379 e. The maximum absolute atomic E-state index is 12.6. The fraction of sp³-hybridized carbons (Fsp3) is 0.550. The number of benzene rings is 1. The average molecular weight is 339 g/mol. The summed E-state index contributed by atoms with van der Waals surface area (Å²) in [6.07, 6.45) is 2.45. The molecule has 1 spiro atoms. The lowest BCUT2D eigenvalue weighted by molar-refractivity contribution is 0.0846. The second-order valence-corrected chi connectivity index (χ2v) is 7.94. The molecule has 3 aliphatic heterocycles. The molecule has 4 heterocycles. The normalized spacial score (nSPS) is 28.6. The van der Waals surface area contributed by atoms with E-state index in [1.807, 2.05) is 18.2 Å². The van der Waals surface area contributed by atoms with Crippen LogP contribution in [0.15, 0.2) is 35.1 Å². The Balaban J connectivity index is 1.46. The molecule has 0 amide bonds. The number of nitrogens with zero attached hydrogens (tertiary/aromatic N) is 1. The zero-order valence-electron chi connectivity index (χ0n) is 14.5. The molecule has 25 heavy (non-hydrogen) atoms. The fourth-order valence-corrected chi connectivity index (χ4v) is 5.28. The number of aromatic nitrogens is 1. The van der Waals surface area contributed by atoms with Gasteiger partial charge in [0.05, 0.1) is 13.2 Å². The molecular formula is C20H25N3O2. The van der Waals surface area contributed by atoms with E-state index in [1.54, 1.807) is 0 Å². The number of H-pyrrole nitrogens is 1. The lowest BCUT2D eigenvalue weighted by atomic mass is 9.70. The molecule has 2 atom stereocenters. The van der Waals surface area contributed by atoms with Gasteiger partial charge in [-0.3, -0.25) is 9.69 Å². The standard InChI is InChI=1S/C20H25N3O2/c24-19-15(9-14-3-1-2-4-17(14)22-19)10-23-13-20(5-7-21-8-6-20)16-11-25-12-18(16)23/h1-4,9,16,18,21H,5-8,10-13H2,(H,22,24)/t16-,18+/m1/s1. The van der Waals surface area contributed by atoms with Crippen molar-refractivity contribution < 1.29 is 4.74 Å². The molecule has 0 bridgehead atoms. The number of aromatic amines is 1. The molecule has 3 saturated heterocycles. The Kier molecular flexibility index (Phi) is 3.69. The summed E-state index contributed by atoms with van der Waals surface area (Å²) in [6.45, 7) is 5.72. The van der Waals surface area contributed by atoms with E-state index in [4.69, 9.17) is 4.74 Å². The van der Waals surface area contributed by atoms with E-state index in [-0.39, 0.29) is 5.56 Å². The first kappa shape index (κ1) is 15.6. The van der Waals surface area contributed by atoms with Crippen LogP contribution in [0.25, 0.3) is 10.9 Å². The van der Waals surface area contributed by atoms with Crippen molar-refractivity contribution in [3.63, 3.8) is 0 Å². The van der Waals surface area contributed by atoms with Crippen LogP contribution >= 0.6 is 0 Å². The first-order valence-electron chi connectivity index (χ1n) is 9.39. The number of piperidine rings is 1. The third-order valence-corrected chi connectivity index (χ3v) is 6.63. The monoisotopic (exact) mass is 339 g/mol. The number of fused-ring (bicyclic) bond motifs is 3. The van der Waals surface area contributed by atoms with Gasteiger partial charge in [0.25, 0.3) is 5.56 Å². The molecule has 5 heteroatoms. The van der Waals surface area contributed by atoms with Crippen molar-refractivity contribution in [3.8, 4) is 0 Å². The number of nitrogens with one attached hydrogen (secondary N) is 2. The summed E-state index contributed by atoms with van der Waals surface area (Å²) in [5, 5.41) is 4.60. The van der Waals surface area contributed by atoms with Crippen LogP contribution in [0.4, 0.5) is 0 Å². The number of para-hydroxylation sites is 1. The Hall–Kier alpha value is -1.69. The summed E-state index contributed by atoms with van der Waals surface area (Å²) in [7, 11) is 0. The van der Waals surface area contributed by atoms with Crippen LogP contribution in [-0.4, -0.2) is 48.8 Å². The van der Waals surface area contributed by atoms with Crippen LogP contribution in [0.2, 0.25) is 0 Å². The van der Waals surface area contributed by atoms with Crippen LogP contribution in [0.5, 0.6) is 0 Å². The van der Waals surface area contributed by atoms with Crippen LogP contribution in [0, 0.1) is 11.3 Å². The number of hydrogen-bond acceptors (Lipinski definition) is 4. The van der Waals surface area contributed by atoms with Gasteiger partial charge in [-0.2, -0.15) is 0 Å². The van der Waals surface area contributed by atoms with Gasteiger partial charge in [-0.05, 0) is 48.9 Å². The number of pyridine rings is 1. The van der Waals surface area contributed by atoms with Crippen LogP contribution in [0.3, 0.4) is 0 Å². The van der Waals surface area contributed by atoms with Crippen LogP contribution < -0.4 is 10.9 Å². The Bertz CT molecular complexity index is 840. The van der Waals surface area contributed by atoms with Gasteiger partial charge in [0.15, 0.2) is 0 Å². The lowest BCUT2D eigenvalue weighted by Gasteiger charge is -2.37. The van der Waals surface area contributed by atoms with Crippen molar-refractivity contribution in [1.29, 1.82) is 0 Å². The molecule has 5 nitrogen and oxygen atoms in total. The Labute approximate surface area is 147 Å². The van der Waals surface area contributed by atoms with Crippen molar-refractivity contribution in [3.05, 3.63) is 46.2 Å². The van der Waals surface area contributed by atoms with E-state index in [2.05, 4.69) is 27.3 Å². The summed E-state index contributed by atoms with van der Waals surface area (Å²) >= 11 is 0. The van der Waals surface area contributed by atoms with Gasteiger partial charge in [0, 0.05) is 36.1 Å². The van der Waals surface area contributed by atoms with Crippen molar-refractivity contribution in [2.45, 2.75) is 25.4 Å². The molecule has 0 saturated carbocycles. The maximum atomic E-state index is 12.6. The average Bonchev–Trinajstić information content (AvgIpc) is 3.21. The molecule has 0 unspecified atom stereocenters. The molecule has 0 aliphatic carbocycles. The van der Waals surface area contributed by atoms with E-state index >= 15 is 0 Å². The highest BCUT2D eigenvalue weighted by atomic mass is 16.5. The van der Waals surface area contributed by atoms with Gasteiger partial charge in [0.2, 0.25) is 0 Å². The second-order valence-electron chi connectivity index (χ2n) is 7.94. The largest absolute Gasteiger partial charge is 0.379 e. The predicted molar refractivity (Wildman–Crippen MR) is 97.6 cm³/mol. The quantitative estimate of drug-likeness (QED) is 0.875. The summed E-state index contributed by atoms with van der Waals surface area (Å²) in [4.78, 5) is 18.1. The van der Waals surface area contributed by atoms with Crippen molar-refractivity contribution >= 4 is 10.9 Å². The van der Waals surface area contributed by atoms with E-state index in [0.717, 1.165) is 55.9 Å². The molecule has 3 fully saturated rings. The van der Waals surface area contributed by atoms with E-state index in [9.17, 15) is 4.79 Å². The van der Waals surface area contributed by atoms with Gasteiger partial charge < -0.3 is 15.0 Å². The summed E-state index contributed by atoms with van der Waals surface area (Å²) in [5.74, 6) is 0.620. The fourth-order valence-electron chi connectivity index (χ4n) is 5.28. The summed E-state index contributed by atoms with van der Waals surface area (Å²) in [6, 6.07) is 10.5. The Morgan fingerprint density at radius 1 is 1.20 bits per heavy atom. The molecule has 5 rings (SSSR count). The number of rotatable bonds is 2. The third kappa shape index (κ3) is 2.53. The third-order valence-electron chi connectivity index (χ3n) is 6.63. The first-order valence-corrected chi connectivity index (χ1v) is 9.39. The Morgan fingerprint density at radius 3 is 2.92 bits per heavy atom. The minimum absolute atomic E-state index is 0.0421. The van der Waals surface area contributed by atoms with Crippen LogP contribution in [-0.2, 0) is 11.3 Å². The van der Waals surface area contributed by atoms with Gasteiger partial charge in [-0.25, -0.2) is 0 Å². The molecule has 132 valence electrons. The number of likely N-dealkylation sites (tertiary alicyclic amines) is 1.